The first-order valence-electron chi connectivity index (χ1n) is 6.67. The number of ether oxygens (including phenoxy) is 2. The van der Waals surface area contributed by atoms with Crippen LogP contribution in [0.3, 0.4) is 0 Å². The van der Waals surface area contributed by atoms with Crippen LogP contribution in [0.4, 0.5) is 5.69 Å². The fourth-order valence-electron chi connectivity index (χ4n) is 1.88. The van der Waals surface area contributed by atoms with Crippen LogP contribution in [-0.4, -0.2) is 25.6 Å². The highest BCUT2D eigenvalue weighted by atomic mass is 32.1. The zero-order chi connectivity index (χ0) is 16.1. The number of rotatable bonds is 5. The molecule has 1 aromatic carbocycles. The van der Waals surface area contributed by atoms with Crippen LogP contribution in [0.15, 0.2) is 29.6 Å². The topological polar surface area (TPSA) is 64.6 Å². The maximum Gasteiger partial charge on any atom is 0.349 e. The Morgan fingerprint density at radius 1 is 1.23 bits per heavy atom. The highest BCUT2D eigenvalue weighted by Crippen LogP contribution is 2.25. The number of thiophene rings is 1. The average molecular weight is 319 g/mol. The molecule has 0 unspecified atom stereocenters. The molecule has 116 valence electrons. The van der Waals surface area contributed by atoms with Gasteiger partial charge in [-0.05, 0) is 48.6 Å². The van der Waals surface area contributed by atoms with Gasteiger partial charge in [0, 0.05) is 0 Å². The summed E-state index contributed by atoms with van der Waals surface area (Å²) in [7, 11) is 1.53. The standard InChI is InChI=1S/C16H17NO4S/c1-10-4-5-13(20-3)12(8-10)17-14(18)9-21-16(19)15-11(2)6-7-22-15/h4-8H,9H2,1-3H3,(H,17,18). The van der Waals surface area contributed by atoms with Gasteiger partial charge in [-0.15, -0.1) is 11.3 Å². The molecular formula is C16H17NO4S. The fraction of sp³-hybridized carbons (Fsp3) is 0.250. The van der Waals surface area contributed by atoms with E-state index < -0.39 is 11.9 Å². The monoisotopic (exact) mass is 319 g/mol. The molecule has 1 amide bonds. The van der Waals surface area contributed by atoms with E-state index in [2.05, 4.69) is 5.32 Å². The molecule has 0 atom stereocenters. The third-order valence-electron chi connectivity index (χ3n) is 3.01. The average Bonchev–Trinajstić information content (AvgIpc) is 2.91. The summed E-state index contributed by atoms with van der Waals surface area (Å²) in [4.78, 5) is 24.3. The summed E-state index contributed by atoms with van der Waals surface area (Å²) >= 11 is 1.30. The first-order valence-corrected chi connectivity index (χ1v) is 7.55. The Hall–Kier alpha value is -2.34. The fourth-order valence-corrected chi connectivity index (χ4v) is 2.70. The van der Waals surface area contributed by atoms with Crippen molar-refractivity contribution >= 4 is 28.9 Å². The van der Waals surface area contributed by atoms with Gasteiger partial charge in [0.05, 0.1) is 12.8 Å². The van der Waals surface area contributed by atoms with Crippen LogP contribution in [-0.2, 0) is 9.53 Å². The Balaban J connectivity index is 1.95. The van der Waals surface area contributed by atoms with Crippen LogP contribution in [0.2, 0.25) is 0 Å². The molecule has 1 aromatic heterocycles. The predicted octanol–water partition coefficient (Wildman–Crippen LogP) is 3.17. The number of carbonyl (C=O) groups is 2. The second-order valence-electron chi connectivity index (χ2n) is 4.76. The third kappa shape index (κ3) is 3.85. The normalized spacial score (nSPS) is 10.1. The molecule has 0 radical (unpaired) electrons. The van der Waals surface area contributed by atoms with Crippen LogP contribution < -0.4 is 10.1 Å². The number of amides is 1. The molecule has 0 aliphatic carbocycles. The van der Waals surface area contributed by atoms with E-state index in [0.29, 0.717) is 16.3 Å². The molecule has 0 saturated carbocycles. The molecule has 2 aromatic rings. The Labute approximate surface area is 132 Å². The van der Waals surface area contributed by atoms with E-state index in [-0.39, 0.29) is 6.61 Å². The van der Waals surface area contributed by atoms with Gasteiger partial charge in [0.2, 0.25) is 0 Å². The van der Waals surface area contributed by atoms with Gasteiger partial charge in [0.25, 0.3) is 5.91 Å². The zero-order valence-corrected chi connectivity index (χ0v) is 13.5. The number of nitrogens with one attached hydrogen (secondary N) is 1. The van der Waals surface area contributed by atoms with E-state index in [9.17, 15) is 9.59 Å². The van der Waals surface area contributed by atoms with Crippen molar-refractivity contribution in [3.63, 3.8) is 0 Å². The number of esters is 1. The number of carbonyl (C=O) groups excluding carboxylic acids is 2. The molecule has 0 fully saturated rings. The van der Waals surface area contributed by atoms with Crippen molar-refractivity contribution in [2.45, 2.75) is 13.8 Å². The third-order valence-corrected chi connectivity index (χ3v) is 4.01. The summed E-state index contributed by atoms with van der Waals surface area (Å²) in [5.74, 6) is -0.343. The highest BCUT2D eigenvalue weighted by molar-refractivity contribution is 7.12. The Bertz CT molecular complexity index is 693. The zero-order valence-electron chi connectivity index (χ0n) is 12.6. The van der Waals surface area contributed by atoms with E-state index in [4.69, 9.17) is 9.47 Å². The van der Waals surface area contributed by atoms with Crippen LogP contribution in [0.1, 0.15) is 20.8 Å². The maximum absolute atomic E-state index is 11.9. The van der Waals surface area contributed by atoms with E-state index in [0.717, 1.165) is 11.1 Å². The van der Waals surface area contributed by atoms with Crippen molar-refractivity contribution < 1.29 is 19.1 Å². The lowest BCUT2D eigenvalue weighted by molar-refractivity contribution is -0.119. The van der Waals surface area contributed by atoms with E-state index >= 15 is 0 Å². The molecule has 5 nitrogen and oxygen atoms in total. The lowest BCUT2D eigenvalue weighted by atomic mass is 10.2. The Morgan fingerprint density at radius 3 is 2.64 bits per heavy atom. The molecule has 2 rings (SSSR count). The first kappa shape index (κ1) is 16.0. The van der Waals surface area contributed by atoms with Gasteiger partial charge in [0.15, 0.2) is 6.61 Å². The van der Waals surface area contributed by atoms with E-state index in [1.807, 2.05) is 31.4 Å². The van der Waals surface area contributed by atoms with Crippen molar-refractivity contribution in [2.75, 3.05) is 19.0 Å². The van der Waals surface area contributed by atoms with Gasteiger partial charge in [-0.3, -0.25) is 4.79 Å². The highest BCUT2D eigenvalue weighted by Gasteiger charge is 2.14. The van der Waals surface area contributed by atoms with Crippen LogP contribution >= 0.6 is 11.3 Å². The summed E-state index contributed by atoms with van der Waals surface area (Å²) < 4.78 is 10.2. The maximum atomic E-state index is 11.9. The van der Waals surface area contributed by atoms with Gasteiger partial charge < -0.3 is 14.8 Å². The van der Waals surface area contributed by atoms with Crippen molar-refractivity contribution in [1.29, 1.82) is 0 Å². The molecule has 22 heavy (non-hydrogen) atoms. The summed E-state index contributed by atoms with van der Waals surface area (Å²) in [6, 6.07) is 7.28. The molecule has 1 heterocycles. The first-order chi connectivity index (χ1) is 10.5. The number of anilines is 1. The Kier molecular flexibility index (Phi) is 5.16. The van der Waals surface area contributed by atoms with Crippen molar-refractivity contribution in [3.05, 3.63) is 45.6 Å². The minimum absolute atomic E-state index is 0.340. The molecule has 6 heteroatoms. The molecular weight excluding hydrogens is 302 g/mol. The second-order valence-corrected chi connectivity index (χ2v) is 5.68. The van der Waals surface area contributed by atoms with Gasteiger partial charge in [-0.25, -0.2) is 4.79 Å². The smallest absolute Gasteiger partial charge is 0.349 e. The molecule has 1 N–H and O–H groups in total. The van der Waals surface area contributed by atoms with Crippen molar-refractivity contribution in [3.8, 4) is 5.75 Å². The SMILES string of the molecule is COc1ccc(C)cc1NC(=O)COC(=O)c1sccc1C. The minimum atomic E-state index is -0.487. The minimum Gasteiger partial charge on any atom is -0.495 e. The summed E-state index contributed by atoms with van der Waals surface area (Å²) in [5.41, 5.74) is 2.38. The van der Waals surface area contributed by atoms with Crippen LogP contribution in [0, 0.1) is 13.8 Å². The van der Waals surface area contributed by atoms with Crippen LogP contribution in [0.5, 0.6) is 5.75 Å². The number of benzene rings is 1. The van der Waals surface area contributed by atoms with E-state index in [1.54, 1.807) is 12.1 Å². The van der Waals surface area contributed by atoms with Crippen molar-refractivity contribution in [2.24, 2.45) is 0 Å². The molecule has 0 aliphatic rings. The molecule has 0 aliphatic heterocycles. The number of hydrogen-bond acceptors (Lipinski definition) is 5. The molecule has 0 saturated heterocycles. The predicted molar refractivity (Wildman–Crippen MR) is 85.7 cm³/mol. The van der Waals surface area contributed by atoms with Gasteiger partial charge in [-0.1, -0.05) is 6.07 Å². The summed E-state index contributed by atoms with van der Waals surface area (Å²) in [6.45, 7) is 3.40. The lowest BCUT2D eigenvalue weighted by Gasteiger charge is -2.11. The van der Waals surface area contributed by atoms with E-state index in [1.165, 1.54) is 18.4 Å². The lowest BCUT2D eigenvalue weighted by Crippen LogP contribution is -2.21. The largest absolute Gasteiger partial charge is 0.495 e. The quantitative estimate of drug-likeness (QED) is 0.860. The molecule has 0 bridgehead atoms. The van der Waals surface area contributed by atoms with Gasteiger partial charge in [-0.2, -0.15) is 0 Å². The Morgan fingerprint density at radius 2 is 2.00 bits per heavy atom. The number of hydrogen-bond donors (Lipinski definition) is 1. The number of methoxy groups -OCH3 is 1. The van der Waals surface area contributed by atoms with Crippen LogP contribution in [0.25, 0.3) is 0 Å². The second kappa shape index (κ2) is 7.09. The molecule has 0 spiro atoms. The number of aryl methyl sites for hydroxylation is 2. The summed E-state index contributed by atoms with van der Waals surface area (Å²) in [5, 5.41) is 4.49. The van der Waals surface area contributed by atoms with Crippen molar-refractivity contribution in [1.82, 2.24) is 0 Å². The van der Waals surface area contributed by atoms with Gasteiger partial charge in [0.1, 0.15) is 10.6 Å². The summed E-state index contributed by atoms with van der Waals surface area (Å²) in [6.07, 6.45) is 0. The van der Waals surface area contributed by atoms with Gasteiger partial charge >= 0.3 is 5.97 Å².